The van der Waals surface area contributed by atoms with E-state index in [1.54, 1.807) is 0 Å². The minimum Gasteiger partial charge on any atom is -0.492 e. The average Bonchev–Trinajstić information content (AvgIpc) is 2.52. The maximum Gasteiger partial charge on any atom is 0.317 e. The number of hydrogen-bond donors (Lipinski definition) is 1. The molecule has 1 aliphatic heterocycles. The Labute approximate surface area is 133 Å². The number of carbonyl (C=O) groups is 1. The predicted octanol–water partition coefficient (Wildman–Crippen LogP) is 3.56. The van der Waals surface area contributed by atoms with Gasteiger partial charge in [0.1, 0.15) is 12.4 Å². The number of nitrogens with zero attached hydrogens (tertiary/aromatic N) is 1. The Bertz CT molecular complexity index is 471. The van der Waals surface area contributed by atoms with Gasteiger partial charge in [-0.15, -0.1) is 0 Å². The molecule has 0 unspecified atom stereocenters. The van der Waals surface area contributed by atoms with Crippen molar-refractivity contribution in [3.63, 3.8) is 0 Å². The summed E-state index contributed by atoms with van der Waals surface area (Å²) in [5.74, 6) is 0.847. The molecule has 0 aliphatic carbocycles. The summed E-state index contributed by atoms with van der Waals surface area (Å²) in [7, 11) is 0. The highest BCUT2D eigenvalue weighted by Crippen LogP contribution is 2.24. The van der Waals surface area contributed by atoms with Gasteiger partial charge in [-0.1, -0.05) is 32.9 Å². The molecule has 0 atom stereocenters. The van der Waals surface area contributed by atoms with Crippen molar-refractivity contribution in [2.24, 2.45) is 0 Å². The Morgan fingerprint density at radius 3 is 2.36 bits per heavy atom. The zero-order chi connectivity index (χ0) is 16.0. The molecule has 4 nitrogen and oxygen atoms in total. The quantitative estimate of drug-likeness (QED) is 0.864. The number of benzene rings is 1. The summed E-state index contributed by atoms with van der Waals surface area (Å²) in [5.41, 5.74) is 1.44. The maximum absolute atomic E-state index is 11.9. The van der Waals surface area contributed by atoms with Gasteiger partial charge >= 0.3 is 6.03 Å². The molecule has 1 N–H and O–H groups in total. The van der Waals surface area contributed by atoms with Gasteiger partial charge in [0.05, 0.1) is 6.54 Å². The predicted molar refractivity (Wildman–Crippen MR) is 89.5 cm³/mol. The lowest BCUT2D eigenvalue weighted by atomic mass is 9.87. The molecule has 22 heavy (non-hydrogen) atoms. The number of urea groups is 1. The Morgan fingerprint density at radius 1 is 1.14 bits per heavy atom. The first-order valence-corrected chi connectivity index (χ1v) is 8.23. The zero-order valence-corrected chi connectivity index (χ0v) is 14.0. The third-order valence-electron chi connectivity index (χ3n) is 4.01. The van der Waals surface area contributed by atoms with E-state index in [4.69, 9.17) is 4.74 Å². The van der Waals surface area contributed by atoms with Crippen LogP contribution in [0.1, 0.15) is 45.6 Å². The molecule has 122 valence electrons. The number of amides is 2. The molecule has 4 heteroatoms. The van der Waals surface area contributed by atoms with Gasteiger partial charge in [-0.3, -0.25) is 0 Å². The highest BCUT2D eigenvalue weighted by molar-refractivity contribution is 5.74. The molecule has 2 rings (SSSR count). The summed E-state index contributed by atoms with van der Waals surface area (Å²) in [4.78, 5) is 13.8. The third-order valence-corrected chi connectivity index (χ3v) is 4.01. The van der Waals surface area contributed by atoms with Gasteiger partial charge in [0.15, 0.2) is 0 Å². The average molecular weight is 304 g/mol. The lowest BCUT2D eigenvalue weighted by Crippen LogP contribution is -2.43. The van der Waals surface area contributed by atoms with Crippen LogP contribution in [0.4, 0.5) is 4.79 Å². The monoisotopic (exact) mass is 304 g/mol. The van der Waals surface area contributed by atoms with Crippen LogP contribution in [0.3, 0.4) is 0 Å². The van der Waals surface area contributed by atoms with Crippen molar-refractivity contribution >= 4 is 6.03 Å². The summed E-state index contributed by atoms with van der Waals surface area (Å²) in [6.07, 6.45) is 3.46. The Hall–Kier alpha value is -1.71. The molecular weight excluding hydrogens is 276 g/mol. The molecule has 1 saturated heterocycles. The van der Waals surface area contributed by atoms with Crippen molar-refractivity contribution in [2.45, 2.75) is 45.4 Å². The third kappa shape index (κ3) is 4.93. The standard InChI is InChI=1S/C18H28N2O2/c1-18(2,3)15-7-9-16(10-8-15)22-14-11-19-17(21)20-12-5-4-6-13-20/h7-10H,4-6,11-14H2,1-3H3,(H,19,21). The fourth-order valence-electron chi connectivity index (χ4n) is 2.59. The lowest BCUT2D eigenvalue weighted by Gasteiger charge is -2.26. The van der Waals surface area contributed by atoms with Crippen LogP contribution in [-0.4, -0.2) is 37.2 Å². The molecule has 0 radical (unpaired) electrons. The second-order valence-electron chi connectivity index (χ2n) is 6.90. The molecule has 0 bridgehead atoms. The smallest absolute Gasteiger partial charge is 0.317 e. The number of likely N-dealkylation sites (tertiary alicyclic amines) is 1. The summed E-state index contributed by atoms with van der Waals surface area (Å²) in [5, 5.41) is 2.92. The second-order valence-corrected chi connectivity index (χ2v) is 6.90. The Kier molecular flexibility index (Phi) is 5.69. The molecule has 0 aromatic heterocycles. The van der Waals surface area contributed by atoms with Crippen molar-refractivity contribution in [3.8, 4) is 5.75 Å². The molecule has 1 aromatic rings. The van der Waals surface area contributed by atoms with E-state index in [0.717, 1.165) is 31.7 Å². The molecule has 1 aromatic carbocycles. The van der Waals surface area contributed by atoms with Gasteiger partial charge in [-0.2, -0.15) is 0 Å². The summed E-state index contributed by atoms with van der Waals surface area (Å²) < 4.78 is 5.68. The molecule has 0 saturated carbocycles. The number of piperidine rings is 1. The van der Waals surface area contributed by atoms with Crippen LogP contribution in [0.2, 0.25) is 0 Å². The van der Waals surface area contributed by atoms with Crippen LogP contribution >= 0.6 is 0 Å². The number of hydrogen-bond acceptors (Lipinski definition) is 2. The largest absolute Gasteiger partial charge is 0.492 e. The summed E-state index contributed by atoms with van der Waals surface area (Å²) >= 11 is 0. The molecule has 2 amide bonds. The number of carbonyl (C=O) groups excluding carboxylic acids is 1. The van der Waals surface area contributed by atoms with Gasteiger partial charge in [0.2, 0.25) is 0 Å². The minimum atomic E-state index is 0.0337. The van der Waals surface area contributed by atoms with Crippen LogP contribution in [-0.2, 0) is 5.41 Å². The molecular formula is C18H28N2O2. The molecule has 1 fully saturated rings. The fraction of sp³-hybridized carbons (Fsp3) is 0.611. The zero-order valence-electron chi connectivity index (χ0n) is 14.0. The topological polar surface area (TPSA) is 41.6 Å². The van der Waals surface area contributed by atoms with E-state index in [1.807, 2.05) is 17.0 Å². The van der Waals surface area contributed by atoms with E-state index in [2.05, 4.69) is 38.2 Å². The van der Waals surface area contributed by atoms with Crippen LogP contribution in [0.25, 0.3) is 0 Å². The first kappa shape index (κ1) is 16.7. The van der Waals surface area contributed by atoms with Gasteiger partial charge in [0, 0.05) is 13.1 Å². The maximum atomic E-state index is 11.9. The Morgan fingerprint density at radius 2 is 1.77 bits per heavy atom. The van der Waals surface area contributed by atoms with Gasteiger partial charge in [0.25, 0.3) is 0 Å². The van der Waals surface area contributed by atoms with E-state index in [1.165, 1.54) is 12.0 Å². The lowest BCUT2D eigenvalue weighted by molar-refractivity contribution is 0.184. The van der Waals surface area contributed by atoms with Crippen molar-refractivity contribution in [1.29, 1.82) is 0 Å². The van der Waals surface area contributed by atoms with Crippen LogP contribution in [0, 0.1) is 0 Å². The van der Waals surface area contributed by atoms with Crippen molar-refractivity contribution in [3.05, 3.63) is 29.8 Å². The van der Waals surface area contributed by atoms with Crippen LogP contribution < -0.4 is 10.1 Å². The number of ether oxygens (including phenoxy) is 1. The molecule has 1 heterocycles. The van der Waals surface area contributed by atoms with Crippen LogP contribution in [0.15, 0.2) is 24.3 Å². The van der Waals surface area contributed by atoms with E-state index in [-0.39, 0.29) is 11.4 Å². The number of nitrogens with one attached hydrogen (secondary N) is 1. The first-order chi connectivity index (χ1) is 10.5. The normalized spacial score (nSPS) is 15.5. The van der Waals surface area contributed by atoms with E-state index in [0.29, 0.717) is 13.2 Å². The summed E-state index contributed by atoms with van der Waals surface area (Å²) in [6.45, 7) is 9.36. The van der Waals surface area contributed by atoms with Gasteiger partial charge in [-0.05, 0) is 42.4 Å². The molecule has 0 spiro atoms. The van der Waals surface area contributed by atoms with Crippen LogP contribution in [0.5, 0.6) is 5.75 Å². The minimum absolute atomic E-state index is 0.0337. The number of rotatable bonds is 4. The first-order valence-electron chi connectivity index (χ1n) is 8.23. The molecule has 1 aliphatic rings. The van der Waals surface area contributed by atoms with Crippen molar-refractivity contribution in [2.75, 3.05) is 26.2 Å². The van der Waals surface area contributed by atoms with Gasteiger partial charge in [-0.25, -0.2) is 4.79 Å². The van der Waals surface area contributed by atoms with E-state index in [9.17, 15) is 4.79 Å². The van der Waals surface area contributed by atoms with Gasteiger partial charge < -0.3 is 15.0 Å². The Balaban J connectivity index is 1.69. The van der Waals surface area contributed by atoms with Crippen molar-refractivity contribution < 1.29 is 9.53 Å². The highest BCUT2D eigenvalue weighted by Gasteiger charge is 2.15. The highest BCUT2D eigenvalue weighted by atomic mass is 16.5. The second kappa shape index (κ2) is 7.52. The van der Waals surface area contributed by atoms with E-state index >= 15 is 0 Å². The van der Waals surface area contributed by atoms with Crippen molar-refractivity contribution in [1.82, 2.24) is 10.2 Å². The SMILES string of the molecule is CC(C)(C)c1ccc(OCCNC(=O)N2CCCCC2)cc1. The van der Waals surface area contributed by atoms with E-state index < -0.39 is 0 Å². The fourth-order valence-corrected chi connectivity index (χ4v) is 2.59. The summed E-state index contributed by atoms with van der Waals surface area (Å²) in [6, 6.07) is 8.22.